The van der Waals surface area contributed by atoms with Gasteiger partial charge in [0.1, 0.15) is 0 Å². The van der Waals surface area contributed by atoms with Crippen molar-refractivity contribution in [3.8, 4) is 5.75 Å². The van der Waals surface area contributed by atoms with E-state index in [1.807, 2.05) is 6.92 Å². The highest BCUT2D eigenvalue weighted by Gasteiger charge is 2.18. The summed E-state index contributed by atoms with van der Waals surface area (Å²) in [4.78, 5) is 10.5. The van der Waals surface area contributed by atoms with E-state index >= 15 is 0 Å². The Balaban J connectivity index is 2.13. The lowest BCUT2D eigenvalue weighted by molar-refractivity contribution is -0.385. The molecular weight excluding hydrogens is 244 g/mol. The maximum absolute atomic E-state index is 10.9. The van der Waals surface area contributed by atoms with Gasteiger partial charge in [0.15, 0.2) is 5.75 Å². The number of nitro groups is 1. The Morgan fingerprint density at radius 2 is 2.16 bits per heavy atom. The predicted molar refractivity (Wildman–Crippen MR) is 74.8 cm³/mol. The lowest BCUT2D eigenvalue weighted by atomic mass is 10.2. The standard InChI is InChI=1S/C14H20N2O3/c1-2-9-19-14-10-12(7-8-13(14)16(17)18)15-11-5-3-4-6-11/h7-8,10-11,15H,2-6,9H2,1H3. The van der Waals surface area contributed by atoms with E-state index in [-0.39, 0.29) is 5.69 Å². The summed E-state index contributed by atoms with van der Waals surface area (Å²) in [5.41, 5.74) is 0.939. The molecule has 1 saturated carbocycles. The van der Waals surface area contributed by atoms with Gasteiger partial charge < -0.3 is 10.1 Å². The zero-order valence-electron chi connectivity index (χ0n) is 11.2. The number of nitro benzene ring substituents is 1. The van der Waals surface area contributed by atoms with Crippen LogP contribution >= 0.6 is 0 Å². The number of anilines is 1. The molecule has 1 fully saturated rings. The number of ether oxygens (including phenoxy) is 1. The summed E-state index contributed by atoms with van der Waals surface area (Å²) in [6.07, 6.45) is 5.68. The Morgan fingerprint density at radius 3 is 2.79 bits per heavy atom. The minimum atomic E-state index is -0.398. The van der Waals surface area contributed by atoms with Crippen LogP contribution in [0, 0.1) is 10.1 Å². The highest BCUT2D eigenvalue weighted by atomic mass is 16.6. The molecule has 2 rings (SSSR count). The third-order valence-corrected chi connectivity index (χ3v) is 3.34. The molecule has 0 heterocycles. The summed E-state index contributed by atoms with van der Waals surface area (Å²) in [5.74, 6) is 0.356. The fourth-order valence-electron chi connectivity index (χ4n) is 2.39. The molecule has 104 valence electrons. The van der Waals surface area contributed by atoms with Crippen molar-refractivity contribution in [1.82, 2.24) is 0 Å². The first kappa shape index (κ1) is 13.6. The highest BCUT2D eigenvalue weighted by molar-refractivity contribution is 5.58. The SMILES string of the molecule is CCCOc1cc(NC2CCCC2)ccc1[N+](=O)[O-]. The molecule has 19 heavy (non-hydrogen) atoms. The molecule has 5 nitrogen and oxygen atoms in total. The molecule has 1 aliphatic rings. The van der Waals surface area contributed by atoms with Crippen molar-refractivity contribution in [3.05, 3.63) is 28.3 Å². The molecule has 0 unspecified atom stereocenters. The number of hydrogen-bond donors (Lipinski definition) is 1. The third-order valence-electron chi connectivity index (χ3n) is 3.34. The average Bonchev–Trinajstić information content (AvgIpc) is 2.89. The number of nitrogens with one attached hydrogen (secondary N) is 1. The number of nitrogens with zero attached hydrogens (tertiary/aromatic N) is 1. The van der Waals surface area contributed by atoms with Gasteiger partial charge in [0, 0.05) is 23.9 Å². The first-order valence-electron chi connectivity index (χ1n) is 6.88. The maximum Gasteiger partial charge on any atom is 0.311 e. The molecule has 0 bridgehead atoms. The van der Waals surface area contributed by atoms with Crippen LogP contribution in [0.3, 0.4) is 0 Å². The van der Waals surface area contributed by atoms with Crippen LogP contribution in [0.5, 0.6) is 5.75 Å². The molecule has 5 heteroatoms. The Kier molecular flexibility index (Phi) is 4.60. The Labute approximate surface area is 113 Å². The fraction of sp³-hybridized carbons (Fsp3) is 0.571. The average molecular weight is 264 g/mol. The van der Waals surface area contributed by atoms with Crippen LogP contribution in [0.15, 0.2) is 18.2 Å². The Bertz CT molecular complexity index is 442. The van der Waals surface area contributed by atoms with Gasteiger partial charge in [-0.3, -0.25) is 10.1 Å². The van der Waals surface area contributed by atoms with Gasteiger partial charge in [0.2, 0.25) is 0 Å². The highest BCUT2D eigenvalue weighted by Crippen LogP contribution is 2.31. The second-order valence-electron chi connectivity index (χ2n) is 4.91. The van der Waals surface area contributed by atoms with E-state index in [4.69, 9.17) is 4.74 Å². The van der Waals surface area contributed by atoms with E-state index < -0.39 is 4.92 Å². The van der Waals surface area contributed by atoms with Crippen molar-refractivity contribution in [3.63, 3.8) is 0 Å². The predicted octanol–water partition coefficient (Wildman–Crippen LogP) is 3.74. The molecular formula is C14H20N2O3. The summed E-state index contributed by atoms with van der Waals surface area (Å²) in [6.45, 7) is 2.47. The first-order valence-corrected chi connectivity index (χ1v) is 6.88. The summed E-state index contributed by atoms with van der Waals surface area (Å²) in [5, 5.41) is 14.4. The van der Waals surface area contributed by atoms with E-state index in [9.17, 15) is 10.1 Å². The van der Waals surface area contributed by atoms with Crippen LogP contribution in [0.25, 0.3) is 0 Å². The van der Waals surface area contributed by atoms with Crippen molar-refractivity contribution >= 4 is 11.4 Å². The largest absolute Gasteiger partial charge is 0.487 e. The van der Waals surface area contributed by atoms with Crippen molar-refractivity contribution in [2.75, 3.05) is 11.9 Å². The smallest absolute Gasteiger partial charge is 0.311 e. The Hall–Kier alpha value is -1.78. The number of hydrogen-bond acceptors (Lipinski definition) is 4. The van der Waals surface area contributed by atoms with Crippen LogP contribution < -0.4 is 10.1 Å². The molecule has 0 radical (unpaired) electrons. The van der Waals surface area contributed by atoms with E-state index in [0.29, 0.717) is 18.4 Å². The number of rotatable bonds is 6. The normalized spacial score (nSPS) is 15.4. The van der Waals surface area contributed by atoms with Gasteiger partial charge >= 0.3 is 5.69 Å². The van der Waals surface area contributed by atoms with Gasteiger partial charge in [-0.1, -0.05) is 19.8 Å². The van der Waals surface area contributed by atoms with Gasteiger partial charge in [-0.15, -0.1) is 0 Å². The topological polar surface area (TPSA) is 64.4 Å². The quantitative estimate of drug-likeness (QED) is 0.628. The second-order valence-corrected chi connectivity index (χ2v) is 4.91. The Morgan fingerprint density at radius 1 is 1.42 bits per heavy atom. The molecule has 1 aromatic rings. The number of benzene rings is 1. The zero-order chi connectivity index (χ0) is 13.7. The minimum absolute atomic E-state index is 0.0328. The fourth-order valence-corrected chi connectivity index (χ4v) is 2.39. The van der Waals surface area contributed by atoms with Gasteiger partial charge in [-0.25, -0.2) is 0 Å². The molecule has 0 saturated heterocycles. The summed E-state index contributed by atoms with van der Waals surface area (Å²) < 4.78 is 5.47. The molecule has 0 atom stereocenters. The van der Waals surface area contributed by atoms with E-state index in [1.165, 1.54) is 31.7 Å². The van der Waals surface area contributed by atoms with Gasteiger partial charge in [-0.05, 0) is 25.3 Å². The molecule has 0 aromatic heterocycles. The minimum Gasteiger partial charge on any atom is -0.487 e. The van der Waals surface area contributed by atoms with Crippen LogP contribution in [0.4, 0.5) is 11.4 Å². The van der Waals surface area contributed by atoms with E-state index in [0.717, 1.165) is 12.1 Å². The molecule has 0 spiro atoms. The van der Waals surface area contributed by atoms with Crippen molar-refractivity contribution < 1.29 is 9.66 Å². The lowest BCUT2D eigenvalue weighted by Gasteiger charge is -2.14. The van der Waals surface area contributed by atoms with Crippen LogP contribution in [0.2, 0.25) is 0 Å². The van der Waals surface area contributed by atoms with Crippen LogP contribution in [0.1, 0.15) is 39.0 Å². The van der Waals surface area contributed by atoms with Crippen LogP contribution in [-0.4, -0.2) is 17.6 Å². The van der Waals surface area contributed by atoms with Crippen LogP contribution in [-0.2, 0) is 0 Å². The van der Waals surface area contributed by atoms with Crippen molar-refractivity contribution in [2.24, 2.45) is 0 Å². The summed E-state index contributed by atoms with van der Waals surface area (Å²) >= 11 is 0. The maximum atomic E-state index is 10.9. The summed E-state index contributed by atoms with van der Waals surface area (Å²) in [6, 6.07) is 5.50. The van der Waals surface area contributed by atoms with E-state index in [2.05, 4.69) is 5.32 Å². The van der Waals surface area contributed by atoms with Crippen molar-refractivity contribution in [2.45, 2.75) is 45.1 Å². The van der Waals surface area contributed by atoms with E-state index in [1.54, 1.807) is 12.1 Å². The van der Waals surface area contributed by atoms with Crippen molar-refractivity contribution in [1.29, 1.82) is 0 Å². The van der Waals surface area contributed by atoms with Gasteiger partial charge in [0.25, 0.3) is 0 Å². The van der Waals surface area contributed by atoms with Gasteiger partial charge in [0.05, 0.1) is 11.5 Å². The second kappa shape index (κ2) is 6.41. The summed E-state index contributed by atoms with van der Waals surface area (Å²) in [7, 11) is 0. The molecule has 0 amide bonds. The molecule has 1 aliphatic carbocycles. The first-order chi connectivity index (χ1) is 9.20. The molecule has 1 N–H and O–H groups in total. The van der Waals surface area contributed by atoms with Gasteiger partial charge in [-0.2, -0.15) is 0 Å². The lowest BCUT2D eigenvalue weighted by Crippen LogP contribution is -2.14. The molecule has 1 aromatic carbocycles. The third kappa shape index (κ3) is 3.59. The monoisotopic (exact) mass is 264 g/mol. The molecule has 0 aliphatic heterocycles. The zero-order valence-corrected chi connectivity index (χ0v) is 11.2.